The molecule has 2 aromatic heterocycles. The fraction of sp³-hybridized carbons (Fsp3) is 0.0833. The highest BCUT2D eigenvalue weighted by molar-refractivity contribution is 5.91. The van der Waals surface area contributed by atoms with Crippen LogP contribution in [-0.2, 0) is 23.4 Å². The molecular formula is C36H28N2O3. The number of carbonyl (C=O) groups is 1. The number of rotatable bonds is 8. The van der Waals surface area contributed by atoms with Gasteiger partial charge in [0.15, 0.2) is 0 Å². The number of esters is 1. The number of aromatic nitrogens is 1. The zero-order valence-electron chi connectivity index (χ0n) is 22.4. The molecule has 0 saturated heterocycles. The van der Waals surface area contributed by atoms with Gasteiger partial charge in [0.2, 0.25) is 0 Å². The standard InChI is InChI=1S/C36H28N2O3/c39-35(41-25-26-12-3-1-4-13-26)34-22-28(37-23-29-16-11-21-40-29)24-38(34)36(27-14-5-2-6-15-27)32-19-9-7-17-30(32)31-18-8-10-20-33(31)36/h1-22,24,37H,23,25H2. The normalized spacial score (nSPS) is 12.9. The SMILES string of the molecule is O=C(OCc1ccccc1)c1cc(NCc2ccco2)cn1C1(c2ccccc2)c2ccccc2-c2ccccc21. The minimum atomic E-state index is -0.792. The molecule has 1 N–H and O–H groups in total. The van der Waals surface area contributed by atoms with Crippen molar-refractivity contribution >= 4 is 11.7 Å². The van der Waals surface area contributed by atoms with Gasteiger partial charge in [0.1, 0.15) is 23.6 Å². The Kier molecular flexibility index (Phi) is 6.25. The van der Waals surface area contributed by atoms with Crippen LogP contribution in [0.15, 0.2) is 144 Å². The van der Waals surface area contributed by atoms with Gasteiger partial charge in [-0.25, -0.2) is 4.79 Å². The summed E-state index contributed by atoms with van der Waals surface area (Å²) in [6, 6.07) is 42.7. The Morgan fingerprint density at radius 1 is 0.756 bits per heavy atom. The number of nitrogens with zero attached hydrogens (tertiary/aromatic N) is 1. The average Bonchev–Trinajstić information content (AvgIpc) is 3.77. The summed E-state index contributed by atoms with van der Waals surface area (Å²) in [6.45, 7) is 0.673. The molecule has 0 radical (unpaired) electrons. The number of benzene rings is 4. The molecule has 4 aromatic carbocycles. The summed E-state index contributed by atoms with van der Waals surface area (Å²) in [6.07, 6.45) is 3.68. The molecule has 7 rings (SSSR count). The highest BCUT2D eigenvalue weighted by atomic mass is 16.5. The summed E-state index contributed by atoms with van der Waals surface area (Å²) >= 11 is 0. The number of fused-ring (bicyclic) bond motifs is 3. The van der Waals surface area contributed by atoms with Crippen LogP contribution in [0.5, 0.6) is 0 Å². The second-order valence-electron chi connectivity index (χ2n) is 10.1. The topological polar surface area (TPSA) is 56.4 Å². The van der Waals surface area contributed by atoms with E-state index in [2.05, 4.69) is 70.5 Å². The van der Waals surface area contributed by atoms with Crippen molar-refractivity contribution in [1.82, 2.24) is 4.57 Å². The molecule has 0 amide bonds. The van der Waals surface area contributed by atoms with Crippen molar-refractivity contribution in [1.29, 1.82) is 0 Å². The van der Waals surface area contributed by atoms with Gasteiger partial charge in [0.25, 0.3) is 0 Å². The van der Waals surface area contributed by atoms with Crippen LogP contribution in [0.25, 0.3) is 11.1 Å². The lowest BCUT2D eigenvalue weighted by molar-refractivity contribution is 0.0457. The van der Waals surface area contributed by atoms with Crippen LogP contribution in [0.1, 0.15) is 38.5 Å². The molecule has 6 aromatic rings. The average molecular weight is 537 g/mol. The quantitative estimate of drug-likeness (QED) is 0.201. The first-order valence-electron chi connectivity index (χ1n) is 13.7. The van der Waals surface area contributed by atoms with E-state index in [1.807, 2.05) is 72.9 Å². The molecule has 5 heteroatoms. The third kappa shape index (κ3) is 4.23. The van der Waals surface area contributed by atoms with Crippen molar-refractivity contribution in [3.05, 3.63) is 174 Å². The summed E-state index contributed by atoms with van der Waals surface area (Å²) in [7, 11) is 0. The predicted molar refractivity (Wildman–Crippen MR) is 160 cm³/mol. The van der Waals surface area contributed by atoms with Gasteiger partial charge in [-0.1, -0.05) is 109 Å². The van der Waals surface area contributed by atoms with Crippen LogP contribution < -0.4 is 5.32 Å². The molecule has 0 spiro atoms. The van der Waals surface area contributed by atoms with Crippen LogP contribution in [0.2, 0.25) is 0 Å². The molecule has 2 heterocycles. The van der Waals surface area contributed by atoms with Crippen molar-refractivity contribution in [2.24, 2.45) is 0 Å². The summed E-state index contributed by atoms with van der Waals surface area (Å²) < 4.78 is 13.6. The Bertz CT molecular complexity index is 1760. The van der Waals surface area contributed by atoms with Crippen molar-refractivity contribution in [3.63, 3.8) is 0 Å². The molecule has 5 nitrogen and oxygen atoms in total. The van der Waals surface area contributed by atoms with Crippen molar-refractivity contribution < 1.29 is 13.9 Å². The number of hydrogen-bond acceptors (Lipinski definition) is 4. The largest absolute Gasteiger partial charge is 0.467 e. The van der Waals surface area contributed by atoms with E-state index in [9.17, 15) is 4.79 Å². The van der Waals surface area contributed by atoms with Gasteiger partial charge >= 0.3 is 5.97 Å². The van der Waals surface area contributed by atoms with E-state index in [0.717, 1.165) is 44.8 Å². The highest BCUT2D eigenvalue weighted by Gasteiger charge is 2.47. The fourth-order valence-corrected chi connectivity index (χ4v) is 5.99. The Morgan fingerprint density at radius 2 is 1.39 bits per heavy atom. The van der Waals surface area contributed by atoms with Crippen LogP contribution in [0.3, 0.4) is 0 Å². The first kappa shape index (κ1) is 24.7. The van der Waals surface area contributed by atoms with Gasteiger partial charge in [-0.15, -0.1) is 0 Å². The smallest absolute Gasteiger partial charge is 0.355 e. The lowest BCUT2D eigenvalue weighted by atomic mass is 9.80. The summed E-state index contributed by atoms with van der Waals surface area (Å²) in [4.78, 5) is 13.9. The number of anilines is 1. The molecule has 0 bridgehead atoms. The highest BCUT2D eigenvalue weighted by Crippen LogP contribution is 2.54. The number of hydrogen-bond donors (Lipinski definition) is 1. The predicted octanol–water partition coefficient (Wildman–Crippen LogP) is 7.87. The minimum absolute atomic E-state index is 0.186. The lowest BCUT2D eigenvalue weighted by Gasteiger charge is -2.36. The van der Waals surface area contributed by atoms with Crippen molar-refractivity contribution in [2.45, 2.75) is 18.7 Å². The maximum absolute atomic E-state index is 13.9. The molecule has 0 unspecified atom stereocenters. The first-order valence-corrected chi connectivity index (χ1v) is 13.7. The molecular weight excluding hydrogens is 508 g/mol. The molecule has 0 fully saturated rings. The maximum Gasteiger partial charge on any atom is 0.355 e. The van der Waals surface area contributed by atoms with E-state index < -0.39 is 11.5 Å². The van der Waals surface area contributed by atoms with Gasteiger partial charge in [0.05, 0.1) is 18.5 Å². The number of ether oxygens (including phenoxy) is 1. The van der Waals surface area contributed by atoms with Crippen LogP contribution >= 0.6 is 0 Å². The Balaban J connectivity index is 1.42. The first-order chi connectivity index (χ1) is 20.2. The van der Waals surface area contributed by atoms with Crippen LogP contribution in [-0.4, -0.2) is 10.5 Å². The number of nitrogens with one attached hydrogen (secondary N) is 1. The van der Waals surface area contributed by atoms with E-state index in [0.29, 0.717) is 12.2 Å². The molecule has 41 heavy (non-hydrogen) atoms. The molecule has 1 aliphatic carbocycles. The molecule has 0 saturated carbocycles. The number of carbonyl (C=O) groups excluding carboxylic acids is 1. The van der Waals surface area contributed by atoms with Crippen molar-refractivity contribution in [2.75, 3.05) is 5.32 Å². The maximum atomic E-state index is 13.9. The Labute approximate surface area is 238 Å². The van der Waals surface area contributed by atoms with E-state index >= 15 is 0 Å². The monoisotopic (exact) mass is 536 g/mol. The third-order valence-corrected chi connectivity index (χ3v) is 7.77. The molecule has 1 aliphatic rings. The van der Waals surface area contributed by atoms with Gasteiger partial charge < -0.3 is 19.0 Å². The second kappa shape index (κ2) is 10.4. The van der Waals surface area contributed by atoms with E-state index in [-0.39, 0.29) is 6.61 Å². The zero-order valence-corrected chi connectivity index (χ0v) is 22.4. The van der Waals surface area contributed by atoms with Crippen molar-refractivity contribution in [3.8, 4) is 11.1 Å². The molecule has 200 valence electrons. The number of furan rings is 1. The van der Waals surface area contributed by atoms with Gasteiger partial charge in [0, 0.05) is 6.20 Å². The van der Waals surface area contributed by atoms with E-state index in [1.54, 1.807) is 6.26 Å². The summed E-state index contributed by atoms with van der Waals surface area (Å²) in [5.41, 5.74) is 6.97. The third-order valence-electron chi connectivity index (χ3n) is 7.77. The molecule has 0 atom stereocenters. The minimum Gasteiger partial charge on any atom is -0.467 e. The lowest BCUT2D eigenvalue weighted by Crippen LogP contribution is -2.37. The second-order valence-corrected chi connectivity index (χ2v) is 10.1. The van der Waals surface area contributed by atoms with E-state index in [1.165, 1.54) is 0 Å². The van der Waals surface area contributed by atoms with Gasteiger partial charge in [-0.2, -0.15) is 0 Å². The van der Waals surface area contributed by atoms with Crippen LogP contribution in [0, 0.1) is 0 Å². The molecule has 0 aliphatic heterocycles. The summed E-state index contributed by atoms with van der Waals surface area (Å²) in [5, 5.41) is 3.45. The Morgan fingerprint density at radius 3 is 2.05 bits per heavy atom. The van der Waals surface area contributed by atoms with Crippen LogP contribution in [0.4, 0.5) is 5.69 Å². The fourth-order valence-electron chi connectivity index (χ4n) is 5.99. The Hall–Kier alpha value is -5.29. The van der Waals surface area contributed by atoms with E-state index in [4.69, 9.17) is 9.15 Å². The van der Waals surface area contributed by atoms with Gasteiger partial charge in [-0.05, 0) is 51.6 Å². The van der Waals surface area contributed by atoms with Gasteiger partial charge in [-0.3, -0.25) is 0 Å². The summed E-state index contributed by atoms with van der Waals surface area (Å²) in [5.74, 6) is 0.414. The zero-order chi connectivity index (χ0) is 27.6.